The van der Waals surface area contributed by atoms with Crippen LogP contribution in [0.2, 0.25) is 0 Å². The molecule has 0 saturated carbocycles. The summed E-state index contributed by atoms with van der Waals surface area (Å²) in [6.45, 7) is 2.23. The van der Waals surface area contributed by atoms with Gasteiger partial charge in [0.25, 0.3) is 5.69 Å². The van der Waals surface area contributed by atoms with Gasteiger partial charge in [-0.2, -0.15) is 0 Å². The Kier molecular flexibility index (Phi) is 7.07. The summed E-state index contributed by atoms with van der Waals surface area (Å²) in [5.74, 6) is 0. The first-order chi connectivity index (χ1) is 9.13. The molecule has 0 atom stereocenters. The number of unbranched alkanes of at least 4 members (excludes halogenated alkanes) is 2. The zero-order valence-electron chi connectivity index (χ0n) is 11.4. The van der Waals surface area contributed by atoms with Gasteiger partial charge in [0.1, 0.15) is 0 Å². The number of rotatable bonds is 9. The summed E-state index contributed by atoms with van der Waals surface area (Å²) in [6.07, 6.45) is 3.92. The summed E-state index contributed by atoms with van der Waals surface area (Å²) >= 11 is 0. The molecular weight excluding hydrogens is 244 g/mol. The zero-order chi connectivity index (χ0) is 14.1. The molecule has 0 saturated heterocycles. The monoisotopic (exact) mass is 266 g/mol. The third kappa shape index (κ3) is 6.31. The third-order valence-electron chi connectivity index (χ3n) is 3.13. The summed E-state index contributed by atoms with van der Waals surface area (Å²) in [7, 11) is 2.07. The van der Waals surface area contributed by atoms with Gasteiger partial charge in [-0.3, -0.25) is 10.1 Å². The first-order valence-electron chi connectivity index (χ1n) is 6.66. The number of aliphatic hydroxyl groups is 1. The van der Waals surface area contributed by atoms with Gasteiger partial charge in [0.2, 0.25) is 0 Å². The summed E-state index contributed by atoms with van der Waals surface area (Å²) < 4.78 is 0. The van der Waals surface area contributed by atoms with Gasteiger partial charge in [-0.15, -0.1) is 0 Å². The van der Waals surface area contributed by atoms with E-state index in [0.717, 1.165) is 44.3 Å². The number of aliphatic hydroxyl groups excluding tert-OH is 1. The van der Waals surface area contributed by atoms with Crippen LogP contribution in [0.3, 0.4) is 0 Å². The number of hydrogen-bond donors (Lipinski definition) is 1. The minimum atomic E-state index is -0.378. The number of nitro benzene ring substituents is 1. The van der Waals surface area contributed by atoms with Gasteiger partial charge < -0.3 is 10.0 Å². The maximum absolute atomic E-state index is 10.5. The van der Waals surface area contributed by atoms with Crippen LogP contribution in [-0.4, -0.2) is 41.7 Å². The van der Waals surface area contributed by atoms with E-state index in [1.54, 1.807) is 12.1 Å². The lowest BCUT2D eigenvalue weighted by Gasteiger charge is -2.16. The normalized spacial score (nSPS) is 10.9. The molecule has 106 valence electrons. The minimum absolute atomic E-state index is 0.140. The lowest BCUT2D eigenvalue weighted by molar-refractivity contribution is -0.384. The van der Waals surface area contributed by atoms with Crippen LogP contribution in [-0.2, 0) is 6.42 Å². The summed E-state index contributed by atoms with van der Waals surface area (Å²) in [6, 6.07) is 6.74. The molecule has 1 rings (SSSR count). The van der Waals surface area contributed by atoms with E-state index in [2.05, 4.69) is 11.9 Å². The zero-order valence-corrected chi connectivity index (χ0v) is 11.4. The molecule has 0 heterocycles. The molecule has 5 nitrogen and oxygen atoms in total. The summed E-state index contributed by atoms with van der Waals surface area (Å²) in [4.78, 5) is 12.4. The molecular formula is C14H22N2O3. The highest BCUT2D eigenvalue weighted by atomic mass is 16.6. The maximum atomic E-state index is 10.5. The van der Waals surface area contributed by atoms with E-state index in [-0.39, 0.29) is 17.2 Å². The molecule has 0 aromatic heterocycles. The van der Waals surface area contributed by atoms with Gasteiger partial charge >= 0.3 is 0 Å². The van der Waals surface area contributed by atoms with E-state index in [4.69, 9.17) is 5.11 Å². The smallest absolute Gasteiger partial charge is 0.269 e. The first kappa shape index (κ1) is 15.6. The van der Waals surface area contributed by atoms with Crippen LogP contribution in [0.25, 0.3) is 0 Å². The van der Waals surface area contributed by atoms with Gasteiger partial charge in [-0.1, -0.05) is 12.1 Å². The van der Waals surface area contributed by atoms with E-state index in [1.165, 1.54) is 0 Å². The van der Waals surface area contributed by atoms with Crippen LogP contribution in [0.1, 0.15) is 24.8 Å². The van der Waals surface area contributed by atoms with E-state index in [0.29, 0.717) is 0 Å². The molecule has 0 radical (unpaired) electrons. The fourth-order valence-corrected chi connectivity index (χ4v) is 1.89. The Balaban J connectivity index is 2.25. The molecule has 5 heteroatoms. The van der Waals surface area contributed by atoms with Crippen molar-refractivity contribution in [3.8, 4) is 0 Å². The standard InChI is InChI=1S/C14H22N2O3/c1-15(10-3-2-4-12-17)11-9-13-5-7-14(8-6-13)16(18)19/h5-8,17H,2-4,9-12H2,1H3. The van der Waals surface area contributed by atoms with Crippen LogP contribution in [0.15, 0.2) is 24.3 Å². The highest BCUT2D eigenvalue weighted by Gasteiger charge is 2.04. The molecule has 0 aliphatic rings. The van der Waals surface area contributed by atoms with Crippen molar-refractivity contribution in [2.24, 2.45) is 0 Å². The Morgan fingerprint density at radius 3 is 2.42 bits per heavy atom. The Morgan fingerprint density at radius 1 is 1.16 bits per heavy atom. The highest BCUT2D eigenvalue weighted by molar-refractivity contribution is 5.32. The molecule has 0 aliphatic carbocycles. The van der Waals surface area contributed by atoms with Crippen LogP contribution in [0, 0.1) is 10.1 Å². The van der Waals surface area contributed by atoms with Crippen LogP contribution < -0.4 is 0 Å². The molecule has 0 unspecified atom stereocenters. The number of nitro groups is 1. The average molecular weight is 266 g/mol. The molecule has 1 aromatic carbocycles. The van der Waals surface area contributed by atoms with Crippen LogP contribution in [0.5, 0.6) is 0 Å². The van der Waals surface area contributed by atoms with Gasteiger partial charge in [0, 0.05) is 25.3 Å². The number of nitrogens with zero attached hydrogens (tertiary/aromatic N) is 2. The Morgan fingerprint density at radius 2 is 1.84 bits per heavy atom. The quantitative estimate of drug-likeness (QED) is 0.423. The van der Waals surface area contributed by atoms with Gasteiger partial charge in [-0.25, -0.2) is 0 Å². The molecule has 1 N–H and O–H groups in total. The minimum Gasteiger partial charge on any atom is -0.396 e. The number of non-ortho nitro benzene ring substituents is 1. The van der Waals surface area contributed by atoms with Crippen molar-refractivity contribution in [3.05, 3.63) is 39.9 Å². The van der Waals surface area contributed by atoms with Crippen molar-refractivity contribution in [1.29, 1.82) is 0 Å². The van der Waals surface area contributed by atoms with Crippen molar-refractivity contribution in [2.75, 3.05) is 26.7 Å². The molecule has 0 aliphatic heterocycles. The Labute approximate surface area is 114 Å². The maximum Gasteiger partial charge on any atom is 0.269 e. The highest BCUT2D eigenvalue weighted by Crippen LogP contribution is 2.12. The molecule has 0 amide bonds. The second-order valence-electron chi connectivity index (χ2n) is 4.76. The number of benzene rings is 1. The Hall–Kier alpha value is -1.46. The number of hydrogen-bond acceptors (Lipinski definition) is 4. The van der Waals surface area contributed by atoms with Crippen LogP contribution >= 0.6 is 0 Å². The largest absolute Gasteiger partial charge is 0.396 e. The number of likely N-dealkylation sites (N-methyl/N-ethyl adjacent to an activating group) is 1. The van der Waals surface area contributed by atoms with Crippen molar-refractivity contribution in [1.82, 2.24) is 4.90 Å². The third-order valence-corrected chi connectivity index (χ3v) is 3.13. The fraction of sp³-hybridized carbons (Fsp3) is 0.571. The molecule has 0 bridgehead atoms. The van der Waals surface area contributed by atoms with Crippen molar-refractivity contribution < 1.29 is 10.0 Å². The van der Waals surface area contributed by atoms with E-state index in [9.17, 15) is 10.1 Å². The molecule has 0 spiro atoms. The molecule has 0 fully saturated rings. The second kappa shape index (κ2) is 8.61. The van der Waals surface area contributed by atoms with Gasteiger partial charge in [0.15, 0.2) is 0 Å². The van der Waals surface area contributed by atoms with Crippen molar-refractivity contribution in [3.63, 3.8) is 0 Å². The van der Waals surface area contributed by atoms with Crippen molar-refractivity contribution in [2.45, 2.75) is 25.7 Å². The van der Waals surface area contributed by atoms with E-state index < -0.39 is 0 Å². The Bertz CT molecular complexity index is 379. The predicted molar refractivity (Wildman–Crippen MR) is 75.2 cm³/mol. The summed E-state index contributed by atoms with van der Waals surface area (Å²) in [5.41, 5.74) is 1.26. The fourth-order valence-electron chi connectivity index (χ4n) is 1.89. The average Bonchev–Trinajstić information content (AvgIpc) is 2.42. The summed E-state index contributed by atoms with van der Waals surface area (Å²) in [5, 5.41) is 19.2. The van der Waals surface area contributed by atoms with Gasteiger partial charge in [0.05, 0.1) is 4.92 Å². The molecule has 1 aromatic rings. The van der Waals surface area contributed by atoms with E-state index >= 15 is 0 Å². The second-order valence-corrected chi connectivity index (χ2v) is 4.76. The lowest BCUT2D eigenvalue weighted by atomic mass is 10.1. The lowest BCUT2D eigenvalue weighted by Crippen LogP contribution is -2.22. The topological polar surface area (TPSA) is 66.6 Å². The van der Waals surface area contributed by atoms with E-state index in [1.807, 2.05) is 12.1 Å². The predicted octanol–water partition coefficient (Wildman–Crippen LogP) is 2.23. The molecule has 19 heavy (non-hydrogen) atoms. The van der Waals surface area contributed by atoms with Gasteiger partial charge in [-0.05, 0) is 44.8 Å². The van der Waals surface area contributed by atoms with Crippen LogP contribution in [0.4, 0.5) is 5.69 Å². The first-order valence-corrected chi connectivity index (χ1v) is 6.66. The SMILES string of the molecule is CN(CCCCCO)CCc1ccc([N+](=O)[O-])cc1. The van der Waals surface area contributed by atoms with Crippen molar-refractivity contribution >= 4 is 5.69 Å².